The third kappa shape index (κ3) is 1.74. The molecule has 0 aliphatic heterocycles. The Labute approximate surface area is 37.4 Å². The van der Waals surface area contributed by atoms with Gasteiger partial charge in [-0.05, 0) is 5.18 Å². The molecule has 0 saturated heterocycles. The molecule has 0 saturated carbocycles. The Balaban J connectivity index is 3.86. The van der Waals surface area contributed by atoms with E-state index in [1.807, 2.05) is 0 Å². The fraction of sp³-hybridized carbons (Fsp3) is 0. The van der Waals surface area contributed by atoms with Crippen LogP contribution in [-0.4, -0.2) is 9.32 Å². The molecule has 0 aliphatic rings. The van der Waals surface area contributed by atoms with E-state index in [4.69, 9.17) is 4.91 Å². The smallest absolute Gasteiger partial charge is 0.242 e. The van der Waals surface area contributed by atoms with Crippen molar-refractivity contribution in [3.63, 3.8) is 0 Å². The average molecular weight is 106 g/mol. The van der Waals surface area contributed by atoms with E-state index in [0.717, 1.165) is 0 Å². The molecule has 6 heavy (non-hydrogen) atoms. The summed E-state index contributed by atoms with van der Waals surface area (Å²) in [5.41, 5.74) is 4.56. The van der Waals surface area contributed by atoms with Gasteiger partial charge in [-0.2, -0.15) is 0 Å². The van der Waals surface area contributed by atoms with E-state index < -0.39 is 5.11 Å². The van der Waals surface area contributed by atoms with Crippen LogP contribution in [0.25, 0.3) is 0 Å². The van der Waals surface area contributed by atoms with Crippen LogP contribution in [-0.2, 0) is 11.3 Å². The summed E-state index contributed by atoms with van der Waals surface area (Å²) in [6, 6.07) is 0. The van der Waals surface area contributed by atoms with Crippen molar-refractivity contribution in [2.24, 2.45) is 10.9 Å². The van der Waals surface area contributed by atoms with Crippen LogP contribution in [0.15, 0.2) is 5.18 Å². The lowest BCUT2D eigenvalue weighted by Gasteiger charge is -1.63. The van der Waals surface area contributed by atoms with Crippen LogP contribution in [0.1, 0.15) is 0 Å². The molecular weight excluding hydrogens is 104 g/mol. The molecular formula is CH2N2O2S. The van der Waals surface area contributed by atoms with Crippen LogP contribution in [0, 0.1) is 4.91 Å². The van der Waals surface area contributed by atoms with E-state index in [1.54, 1.807) is 0 Å². The summed E-state index contributed by atoms with van der Waals surface area (Å²) in [5.74, 6) is 0. The molecule has 0 amide bonds. The van der Waals surface area contributed by atoms with E-state index in [9.17, 15) is 4.21 Å². The van der Waals surface area contributed by atoms with Crippen LogP contribution >= 0.6 is 0 Å². The minimum Gasteiger partial charge on any atom is -0.272 e. The minimum absolute atomic E-state index is 0.110. The molecule has 0 radical (unpaired) electrons. The summed E-state index contributed by atoms with van der Waals surface area (Å²) >= 11 is -0.110. The number of nitrogens with zero attached hydrogens (tertiary/aromatic N) is 1. The molecule has 0 heterocycles. The van der Waals surface area contributed by atoms with E-state index in [2.05, 4.69) is 10.9 Å². The van der Waals surface area contributed by atoms with Gasteiger partial charge in [0.1, 0.15) is 11.3 Å². The Bertz CT molecular complexity index is 104. The van der Waals surface area contributed by atoms with Gasteiger partial charge >= 0.3 is 0 Å². The van der Waals surface area contributed by atoms with Gasteiger partial charge in [0, 0.05) is 0 Å². The SMILES string of the molecule is NC(N=O)=S=O. The largest absolute Gasteiger partial charge is 0.272 e. The molecule has 0 unspecified atom stereocenters. The predicted octanol–water partition coefficient (Wildman–Crippen LogP) is -0.988. The molecule has 0 aromatic heterocycles. The van der Waals surface area contributed by atoms with Crippen molar-refractivity contribution in [3.8, 4) is 0 Å². The summed E-state index contributed by atoms with van der Waals surface area (Å²) in [6.07, 6.45) is 0. The lowest BCUT2D eigenvalue weighted by atomic mass is 11.2. The van der Waals surface area contributed by atoms with Gasteiger partial charge in [0.05, 0.1) is 0 Å². The van der Waals surface area contributed by atoms with Crippen LogP contribution in [0.4, 0.5) is 0 Å². The fourth-order valence-electron chi connectivity index (χ4n) is 0.0152. The highest BCUT2D eigenvalue weighted by Crippen LogP contribution is 1.52. The molecule has 2 N–H and O–H groups in total. The van der Waals surface area contributed by atoms with Gasteiger partial charge in [0.25, 0.3) is 0 Å². The molecule has 0 fully saturated rings. The fourth-order valence-corrected chi connectivity index (χ4v) is 0.0456. The zero-order valence-corrected chi connectivity index (χ0v) is 3.57. The molecule has 34 valence electrons. The van der Waals surface area contributed by atoms with Crippen LogP contribution in [0.2, 0.25) is 0 Å². The van der Waals surface area contributed by atoms with Crippen molar-refractivity contribution < 1.29 is 4.21 Å². The quantitative estimate of drug-likeness (QED) is 0.318. The first-order valence-electron chi connectivity index (χ1n) is 1.07. The van der Waals surface area contributed by atoms with Gasteiger partial charge in [0.2, 0.25) is 5.11 Å². The summed E-state index contributed by atoms with van der Waals surface area (Å²) in [5, 5.41) is 1.63. The average Bonchev–Trinajstić information content (AvgIpc) is 1.65. The number of nitroso groups, excluding NO2 is 1. The van der Waals surface area contributed by atoms with Crippen molar-refractivity contribution in [2.75, 3.05) is 0 Å². The van der Waals surface area contributed by atoms with Gasteiger partial charge in [0.15, 0.2) is 0 Å². The number of hydrogen-bond acceptors (Lipinski definition) is 2. The standard InChI is InChI=1S/CH2N2O2S/c2-1(3-4)6-5/h2H2. The Morgan fingerprint density at radius 2 is 2.33 bits per heavy atom. The maximum absolute atomic E-state index is 9.32. The summed E-state index contributed by atoms with van der Waals surface area (Å²) in [7, 11) is 0. The van der Waals surface area contributed by atoms with Crippen molar-refractivity contribution in [1.82, 2.24) is 0 Å². The van der Waals surface area contributed by atoms with Crippen LogP contribution in [0.3, 0.4) is 0 Å². The maximum atomic E-state index is 9.32. The Kier molecular flexibility index (Phi) is 2.43. The number of hydrogen-bond donors (Lipinski definition) is 1. The molecule has 0 aromatic rings. The monoisotopic (exact) mass is 106 g/mol. The number of rotatable bonds is 0. The van der Waals surface area contributed by atoms with E-state index in [0.29, 0.717) is 0 Å². The highest BCUT2D eigenvalue weighted by molar-refractivity contribution is 7.66. The van der Waals surface area contributed by atoms with Crippen molar-refractivity contribution in [2.45, 2.75) is 0 Å². The lowest BCUT2D eigenvalue weighted by molar-refractivity contribution is 0.700. The normalized spacial score (nSPS) is 6.83. The van der Waals surface area contributed by atoms with Crippen molar-refractivity contribution >= 4 is 16.4 Å². The Morgan fingerprint density at radius 1 is 1.83 bits per heavy atom. The molecule has 0 aliphatic carbocycles. The van der Waals surface area contributed by atoms with Gasteiger partial charge in [-0.25, -0.2) is 4.21 Å². The minimum atomic E-state index is -0.477. The van der Waals surface area contributed by atoms with Crippen LogP contribution in [0.5, 0.6) is 0 Å². The van der Waals surface area contributed by atoms with Gasteiger partial charge < -0.3 is 0 Å². The predicted molar refractivity (Wildman–Crippen MR) is 23.1 cm³/mol. The first kappa shape index (κ1) is 5.45. The molecule has 0 spiro atoms. The van der Waals surface area contributed by atoms with Gasteiger partial charge in [-0.15, -0.1) is 4.91 Å². The maximum Gasteiger partial charge on any atom is 0.242 e. The first-order chi connectivity index (χ1) is 2.81. The number of nitrogens with two attached hydrogens (primary N) is 1. The third-order valence-electron chi connectivity index (χ3n) is 0.175. The second kappa shape index (κ2) is 2.67. The third-order valence-corrected chi connectivity index (χ3v) is 0.421. The molecule has 5 heteroatoms. The summed E-state index contributed by atoms with van der Waals surface area (Å²) in [4.78, 5) is 9.10. The van der Waals surface area contributed by atoms with Crippen molar-refractivity contribution in [3.05, 3.63) is 4.91 Å². The first-order valence-corrected chi connectivity index (χ1v) is 1.81. The van der Waals surface area contributed by atoms with E-state index in [-0.39, 0.29) is 11.3 Å². The summed E-state index contributed by atoms with van der Waals surface area (Å²) in [6.45, 7) is 0. The Morgan fingerprint density at radius 3 is 2.33 bits per heavy atom. The molecule has 0 atom stereocenters. The van der Waals surface area contributed by atoms with E-state index in [1.165, 1.54) is 0 Å². The molecule has 0 rings (SSSR count). The molecule has 4 nitrogen and oxygen atoms in total. The molecule has 0 aromatic carbocycles. The van der Waals surface area contributed by atoms with Gasteiger partial charge in [-0.3, -0.25) is 5.73 Å². The zero-order valence-electron chi connectivity index (χ0n) is 2.75. The lowest BCUT2D eigenvalue weighted by Crippen LogP contribution is -2.04. The zero-order chi connectivity index (χ0) is 4.99. The topological polar surface area (TPSA) is 72.5 Å². The Hall–Kier alpha value is -0.550. The molecule has 0 bridgehead atoms. The van der Waals surface area contributed by atoms with Crippen LogP contribution < -0.4 is 5.73 Å². The second-order valence-electron chi connectivity index (χ2n) is 0.513. The van der Waals surface area contributed by atoms with E-state index >= 15 is 0 Å². The summed E-state index contributed by atoms with van der Waals surface area (Å²) < 4.78 is 9.32. The highest BCUT2D eigenvalue weighted by atomic mass is 32.1. The van der Waals surface area contributed by atoms with Gasteiger partial charge in [-0.1, -0.05) is 0 Å². The highest BCUT2D eigenvalue weighted by Gasteiger charge is 1.76. The second-order valence-corrected chi connectivity index (χ2v) is 1.10. The van der Waals surface area contributed by atoms with Crippen molar-refractivity contribution in [1.29, 1.82) is 0 Å².